The van der Waals surface area contributed by atoms with Crippen molar-refractivity contribution in [2.24, 2.45) is 0 Å². The van der Waals surface area contributed by atoms with Crippen LogP contribution in [0.25, 0.3) is 0 Å². The monoisotopic (exact) mass is 310 g/mol. The Morgan fingerprint density at radius 1 is 1.16 bits per heavy atom. The van der Waals surface area contributed by atoms with Gasteiger partial charge < -0.3 is 0 Å². The number of benzene rings is 2. The molecule has 0 heterocycles. The van der Waals surface area contributed by atoms with Gasteiger partial charge in [-0.2, -0.15) is 0 Å². The first-order valence-electron chi connectivity index (χ1n) is 5.72. The average molecular weight is 311 g/mol. The number of hydrogen-bond acceptors (Lipinski definition) is 2. The summed E-state index contributed by atoms with van der Waals surface area (Å²) in [6.07, 6.45) is 2.22. The van der Waals surface area contributed by atoms with Gasteiger partial charge in [-0.1, -0.05) is 41.4 Å². The molecule has 0 N–H and O–H groups in total. The fourth-order valence-electron chi connectivity index (χ4n) is 1.82. The van der Waals surface area contributed by atoms with E-state index in [2.05, 4.69) is 0 Å². The SMILES string of the molecule is CSc1ccccc1C(=O)Cc1cc(Cl)ccc1Cl. The molecule has 0 aliphatic rings. The highest BCUT2D eigenvalue weighted by Gasteiger charge is 2.13. The Kier molecular flexibility index (Phi) is 4.92. The fourth-order valence-corrected chi connectivity index (χ4v) is 2.82. The van der Waals surface area contributed by atoms with E-state index in [1.807, 2.05) is 30.5 Å². The zero-order valence-corrected chi connectivity index (χ0v) is 12.6. The molecule has 0 bridgehead atoms. The smallest absolute Gasteiger partial charge is 0.168 e. The van der Waals surface area contributed by atoms with Gasteiger partial charge in [-0.25, -0.2) is 0 Å². The van der Waals surface area contributed by atoms with Gasteiger partial charge in [0.25, 0.3) is 0 Å². The van der Waals surface area contributed by atoms with Crippen molar-refractivity contribution in [3.63, 3.8) is 0 Å². The van der Waals surface area contributed by atoms with E-state index in [1.165, 1.54) is 0 Å². The van der Waals surface area contributed by atoms with Gasteiger partial charge in [-0.15, -0.1) is 11.8 Å². The molecule has 2 aromatic rings. The van der Waals surface area contributed by atoms with Crippen LogP contribution in [0.5, 0.6) is 0 Å². The second-order valence-corrected chi connectivity index (χ2v) is 5.73. The van der Waals surface area contributed by atoms with E-state index in [9.17, 15) is 4.79 Å². The van der Waals surface area contributed by atoms with Crippen LogP contribution in [0.4, 0.5) is 0 Å². The summed E-state index contributed by atoms with van der Waals surface area (Å²) < 4.78 is 0. The van der Waals surface area contributed by atoms with Crippen LogP contribution in [0.2, 0.25) is 10.0 Å². The minimum Gasteiger partial charge on any atom is -0.294 e. The van der Waals surface area contributed by atoms with E-state index < -0.39 is 0 Å². The van der Waals surface area contributed by atoms with Gasteiger partial charge in [0.1, 0.15) is 0 Å². The van der Waals surface area contributed by atoms with Crippen molar-refractivity contribution >= 4 is 40.7 Å². The van der Waals surface area contributed by atoms with Crippen LogP contribution >= 0.6 is 35.0 Å². The summed E-state index contributed by atoms with van der Waals surface area (Å²) in [6, 6.07) is 12.7. The second-order valence-electron chi connectivity index (χ2n) is 4.04. The van der Waals surface area contributed by atoms with Crippen LogP contribution in [0, 0.1) is 0 Å². The normalized spacial score (nSPS) is 10.5. The van der Waals surface area contributed by atoms with Crippen molar-refractivity contribution in [2.75, 3.05) is 6.26 Å². The number of hydrogen-bond donors (Lipinski definition) is 0. The van der Waals surface area contributed by atoms with Gasteiger partial charge in [0.05, 0.1) is 0 Å². The number of halogens is 2. The van der Waals surface area contributed by atoms with E-state index in [4.69, 9.17) is 23.2 Å². The maximum Gasteiger partial charge on any atom is 0.168 e. The van der Waals surface area contributed by atoms with Gasteiger partial charge in [-0.05, 0) is 36.1 Å². The third-order valence-corrected chi connectivity index (χ3v) is 4.17. The van der Waals surface area contributed by atoms with E-state index in [-0.39, 0.29) is 12.2 Å². The van der Waals surface area contributed by atoms with E-state index in [0.29, 0.717) is 10.0 Å². The molecule has 2 aromatic carbocycles. The van der Waals surface area contributed by atoms with Crippen LogP contribution in [-0.4, -0.2) is 12.0 Å². The lowest BCUT2D eigenvalue weighted by Gasteiger charge is -2.07. The highest BCUT2D eigenvalue weighted by molar-refractivity contribution is 7.98. The molecule has 98 valence electrons. The van der Waals surface area contributed by atoms with Crippen LogP contribution in [0.1, 0.15) is 15.9 Å². The first-order valence-corrected chi connectivity index (χ1v) is 7.70. The minimum absolute atomic E-state index is 0.0501. The summed E-state index contributed by atoms with van der Waals surface area (Å²) in [5, 5.41) is 1.16. The Morgan fingerprint density at radius 2 is 1.89 bits per heavy atom. The lowest BCUT2D eigenvalue weighted by atomic mass is 10.0. The molecule has 0 radical (unpaired) electrons. The quantitative estimate of drug-likeness (QED) is 0.574. The standard InChI is InChI=1S/C15H12Cl2OS/c1-19-15-5-3-2-4-12(15)14(18)9-10-8-11(16)6-7-13(10)17/h2-8H,9H2,1H3. The number of rotatable bonds is 4. The van der Waals surface area contributed by atoms with Gasteiger partial charge in [0.2, 0.25) is 0 Å². The number of carbonyl (C=O) groups excluding carboxylic acids is 1. The molecule has 0 aliphatic heterocycles. The Hall–Kier alpha value is -0.960. The topological polar surface area (TPSA) is 17.1 Å². The molecule has 0 aromatic heterocycles. The molecule has 4 heteroatoms. The number of ketones is 1. The van der Waals surface area contributed by atoms with Crippen LogP contribution in [0.15, 0.2) is 47.4 Å². The highest BCUT2D eigenvalue weighted by atomic mass is 35.5. The lowest BCUT2D eigenvalue weighted by Crippen LogP contribution is -2.05. The maximum atomic E-state index is 12.3. The molecule has 0 saturated heterocycles. The van der Waals surface area contributed by atoms with Gasteiger partial charge >= 0.3 is 0 Å². The molecule has 1 nitrogen and oxygen atoms in total. The Morgan fingerprint density at radius 3 is 2.63 bits per heavy atom. The summed E-state index contributed by atoms with van der Waals surface area (Å²) in [6.45, 7) is 0. The lowest BCUT2D eigenvalue weighted by molar-refractivity contribution is 0.0990. The third kappa shape index (κ3) is 3.53. The first-order chi connectivity index (χ1) is 9.11. The molecule has 0 amide bonds. The summed E-state index contributed by atoms with van der Waals surface area (Å²) in [4.78, 5) is 13.3. The van der Waals surface area contributed by atoms with Crippen LogP contribution < -0.4 is 0 Å². The van der Waals surface area contributed by atoms with Crippen molar-refractivity contribution < 1.29 is 4.79 Å². The maximum absolute atomic E-state index is 12.3. The number of Topliss-reactive ketones (excluding diaryl/α,β-unsaturated/α-hetero) is 1. The zero-order chi connectivity index (χ0) is 13.8. The first kappa shape index (κ1) is 14.4. The molecule has 0 aliphatic carbocycles. The van der Waals surface area contributed by atoms with E-state index in [0.717, 1.165) is 16.0 Å². The van der Waals surface area contributed by atoms with Crippen molar-refractivity contribution in [2.45, 2.75) is 11.3 Å². The molecule has 19 heavy (non-hydrogen) atoms. The Labute approximate surface area is 126 Å². The Bertz CT molecular complexity index is 611. The minimum atomic E-state index is 0.0501. The fraction of sp³-hybridized carbons (Fsp3) is 0.133. The summed E-state index contributed by atoms with van der Waals surface area (Å²) in [5.41, 5.74) is 1.49. The summed E-state index contributed by atoms with van der Waals surface area (Å²) in [5.74, 6) is 0.0501. The molecule has 0 atom stereocenters. The Balaban J connectivity index is 2.28. The average Bonchev–Trinajstić information content (AvgIpc) is 2.42. The zero-order valence-electron chi connectivity index (χ0n) is 10.3. The molecule has 2 rings (SSSR count). The summed E-state index contributed by atoms with van der Waals surface area (Å²) >= 11 is 13.6. The third-order valence-electron chi connectivity index (χ3n) is 2.77. The van der Waals surface area contributed by atoms with Crippen LogP contribution in [0.3, 0.4) is 0 Å². The van der Waals surface area contributed by atoms with E-state index in [1.54, 1.807) is 30.0 Å². The van der Waals surface area contributed by atoms with Crippen LogP contribution in [-0.2, 0) is 6.42 Å². The predicted molar refractivity (Wildman–Crippen MR) is 82.7 cm³/mol. The molecule has 0 spiro atoms. The molecule has 0 saturated carbocycles. The molecule has 0 unspecified atom stereocenters. The van der Waals surface area contributed by atoms with Gasteiger partial charge in [0.15, 0.2) is 5.78 Å². The highest BCUT2D eigenvalue weighted by Crippen LogP contribution is 2.25. The van der Waals surface area contributed by atoms with Crippen molar-refractivity contribution in [1.29, 1.82) is 0 Å². The van der Waals surface area contributed by atoms with Crippen molar-refractivity contribution in [3.05, 3.63) is 63.6 Å². The molecule has 0 fully saturated rings. The van der Waals surface area contributed by atoms with Gasteiger partial charge in [0, 0.05) is 26.9 Å². The molecular weight excluding hydrogens is 299 g/mol. The summed E-state index contributed by atoms with van der Waals surface area (Å²) in [7, 11) is 0. The van der Waals surface area contributed by atoms with E-state index >= 15 is 0 Å². The van der Waals surface area contributed by atoms with Crippen molar-refractivity contribution in [1.82, 2.24) is 0 Å². The second kappa shape index (κ2) is 6.47. The predicted octanol–water partition coefficient (Wildman–Crippen LogP) is 5.14. The van der Waals surface area contributed by atoms with Gasteiger partial charge in [-0.3, -0.25) is 4.79 Å². The number of carbonyl (C=O) groups is 1. The number of thioether (sulfide) groups is 1. The molecular formula is C15H12Cl2OS. The van der Waals surface area contributed by atoms with Crippen molar-refractivity contribution in [3.8, 4) is 0 Å². The largest absolute Gasteiger partial charge is 0.294 e.